The number of sulfonamides is 1. The minimum atomic E-state index is -3.82. The van der Waals surface area contributed by atoms with Crippen LogP contribution in [0.25, 0.3) is 11.0 Å². The summed E-state index contributed by atoms with van der Waals surface area (Å²) in [5.41, 5.74) is 4.45. The maximum Gasteiger partial charge on any atom is 0.238 e. The van der Waals surface area contributed by atoms with Crippen LogP contribution in [0.15, 0.2) is 90.0 Å². The fraction of sp³-hybridized carbons (Fsp3) is 0.148. The molecule has 0 bridgehead atoms. The predicted octanol–water partition coefficient (Wildman–Crippen LogP) is 5.12. The highest BCUT2D eigenvalue weighted by Crippen LogP contribution is 2.29. The normalized spacial score (nSPS) is 12.0. The number of hydrogen-bond donors (Lipinski definition) is 3. The predicted molar refractivity (Wildman–Crippen MR) is 158 cm³/mol. The molecule has 0 aliphatic rings. The molecule has 0 spiro atoms. The minimum absolute atomic E-state index is 0. The number of aryl methyl sites for hydroxylation is 1. The van der Waals surface area contributed by atoms with Gasteiger partial charge in [-0.05, 0) is 55.0 Å². The molecule has 3 aromatic carbocycles. The van der Waals surface area contributed by atoms with Crippen molar-refractivity contribution < 1.29 is 8.42 Å². The van der Waals surface area contributed by atoms with Crippen LogP contribution in [0.4, 0.5) is 29.1 Å². The first kappa shape index (κ1) is 27.8. The van der Waals surface area contributed by atoms with E-state index in [0.717, 1.165) is 22.7 Å². The molecule has 202 valence electrons. The molecule has 0 saturated carbocycles. The van der Waals surface area contributed by atoms with Crippen molar-refractivity contribution in [3.8, 4) is 0 Å². The number of nitrogens with two attached hydrogens (primary N) is 1. The number of nitrogens with one attached hydrogen (secondary N) is 2. The molecule has 0 amide bonds. The number of benzene rings is 3. The second-order valence-corrected chi connectivity index (χ2v) is 10.5. The molecule has 2 aromatic heterocycles. The molecule has 0 fully saturated rings. The fourth-order valence-electron chi connectivity index (χ4n) is 4.15. The van der Waals surface area contributed by atoms with Crippen LogP contribution in [0.1, 0.15) is 18.5 Å². The van der Waals surface area contributed by atoms with E-state index in [0.29, 0.717) is 17.5 Å². The minimum Gasteiger partial charge on any atom is -0.349 e. The number of halogens is 1. The molecule has 0 saturated heterocycles. The zero-order chi connectivity index (χ0) is 26.9. The molecule has 0 radical (unpaired) electrons. The molecule has 5 rings (SSSR count). The highest BCUT2D eigenvalue weighted by atomic mass is 35.5. The first-order valence-electron chi connectivity index (χ1n) is 11.9. The van der Waals surface area contributed by atoms with E-state index in [1.807, 2.05) is 60.0 Å². The fourth-order valence-corrected chi connectivity index (χ4v) is 4.71. The second-order valence-electron chi connectivity index (χ2n) is 8.94. The molecule has 2 heterocycles. The van der Waals surface area contributed by atoms with E-state index in [4.69, 9.17) is 10.1 Å². The maximum absolute atomic E-state index is 11.7. The van der Waals surface area contributed by atoms with Gasteiger partial charge in [-0.15, -0.1) is 12.4 Å². The lowest BCUT2D eigenvalue weighted by atomic mass is 10.1. The zero-order valence-corrected chi connectivity index (χ0v) is 23.2. The lowest BCUT2D eigenvalue weighted by Crippen LogP contribution is -2.13. The Balaban J connectivity index is 0.00000353. The summed E-state index contributed by atoms with van der Waals surface area (Å²) in [4.78, 5) is 15.6. The highest BCUT2D eigenvalue weighted by Gasteiger charge is 2.15. The summed E-state index contributed by atoms with van der Waals surface area (Å²) in [7, 11) is 0.0864. The summed E-state index contributed by atoms with van der Waals surface area (Å²) < 4.78 is 25.4. The van der Waals surface area contributed by atoms with Gasteiger partial charge in [-0.3, -0.25) is 0 Å². The molecule has 5 aromatic rings. The lowest BCUT2D eigenvalue weighted by Gasteiger charge is -2.19. The summed E-state index contributed by atoms with van der Waals surface area (Å²) in [5, 5.41) is 11.8. The molecule has 1 unspecified atom stereocenters. The number of anilines is 5. The highest BCUT2D eigenvalue weighted by molar-refractivity contribution is 7.89. The van der Waals surface area contributed by atoms with Gasteiger partial charge in [-0.25, -0.2) is 23.5 Å². The maximum atomic E-state index is 11.7. The number of hydrogen-bond acceptors (Lipinski definition) is 8. The van der Waals surface area contributed by atoms with Gasteiger partial charge < -0.3 is 20.1 Å². The Morgan fingerprint density at radius 2 is 1.74 bits per heavy atom. The van der Waals surface area contributed by atoms with Gasteiger partial charge in [0.25, 0.3) is 0 Å². The van der Waals surface area contributed by atoms with Crippen LogP contribution < -0.4 is 20.7 Å². The van der Waals surface area contributed by atoms with Crippen LogP contribution in [0.5, 0.6) is 0 Å². The van der Waals surface area contributed by atoms with E-state index < -0.39 is 10.0 Å². The summed E-state index contributed by atoms with van der Waals surface area (Å²) in [5.74, 6) is 1.75. The summed E-state index contributed by atoms with van der Waals surface area (Å²) in [6, 6.07) is 24.4. The standard InChI is InChI=1S/C27H28N8O2S.ClH/c1-18(19-8-5-4-6-9-19)30-27-32-23-17-21(12-13-24(23)35(27)3)34(2)25-14-15-29-26(33-25)31-20-10-7-11-22(16-20)38(28,36)37;/h4-18H,1-3H3,(H,30,32)(H2,28,36,37)(H,29,31,33);1H. The van der Waals surface area contributed by atoms with E-state index in [1.54, 1.807) is 24.4 Å². The Kier molecular flexibility index (Phi) is 8.05. The average Bonchev–Trinajstić information content (AvgIpc) is 3.22. The van der Waals surface area contributed by atoms with E-state index in [1.165, 1.54) is 17.7 Å². The van der Waals surface area contributed by atoms with Gasteiger partial charge in [-0.2, -0.15) is 4.98 Å². The van der Waals surface area contributed by atoms with Crippen molar-refractivity contribution in [3.05, 3.63) is 90.6 Å². The number of imidazole rings is 1. The van der Waals surface area contributed by atoms with E-state index in [9.17, 15) is 8.42 Å². The number of nitrogens with zero attached hydrogens (tertiary/aromatic N) is 5. The van der Waals surface area contributed by atoms with Crippen LogP contribution in [-0.2, 0) is 17.1 Å². The van der Waals surface area contributed by atoms with Gasteiger partial charge in [0.15, 0.2) is 0 Å². The first-order chi connectivity index (χ1) is 18.2. The SMILES string of the molecule is CC(Nc1nc2cc(N(C)c3ccnc(Nc4cccc(S(N)(=O)=O)c4)n3)ccc2n1C)c1ccccc1.Cl. The van der Waals surface area contributed by atoms with Crippen molar-refractivity contribution in [2.75, 3.05) is 22.6 Å². The number of rotatable bonds is 8. The molecule has 12 heteroatoms. The Bertz CT molecular complexity index is 1710. The topological polar surface area (TPSA) is 131 Å². The molecule has 10 nitrogen and oxygen atoms in total. The van der Waals surface area contributed by atoms with Crippen molar-refractivity contribution >= 4 is 62.6 Å². The van der Waals surface area contributed by atoms with Gasteiger partial charge in [0.1, 0.15) is 5.82 Å². The molecule has 0 aliphatic carbocycles. The number of aromatic nitrogens is 4. The van der Waals surface area contributed by atoms with Gasteiger partial charge >= 0.3 is 0 Å². The average molecular weight is 565 g/mol. The van der Waals surface area contributed by atoms with Crippen LogP contribution in [-0.4, -0.2) is 35.0 Å². The summed E-state index contributed by atoms with van der Waals surface area (Å²) in [6.07, 6.45) is 1.64. The second kappa shape index (κ2) is 11.3. The Hall–Kier alpha value is -4.19. The number of primary sulfonamides is 1. The lowest BCUT2D eigenvalue weighted by molar-refractivity contribution is 0.598. The van der Waals surface area contributed by atoms with Crippen LogP contribution in [0.2, 0.25) is 0 Å². The Morgan fingerprint density at radius 3 is 2.49 bits per heavy atom. The quantitative estimate of drug-likeness (QED) is 0.237. The third-order valence-corrected chi connectivity index (χ3v) is 7.21. The van der Waals surface area contributed by atoms with E-state index in [-0.39, 0.29) is 23.3 Å². The molecular weight excluding hydrogens is 536 g/mol. The molecule has 39 heavy (non-hydrogen) atoms. The van der Waals surface area contributed by atoms with Crippen molar-refractivity contribution in [2.24, 2.45) is 12.2 Å². The molecule has 0 aliphatic heterocycles. The Labute approximate surface area is 233 Å². The van der Waals surface area contributed by atoms with Crippen molar-refractivity contribution in [2.45, 2.75) is 17.9 Å². The molecule has 1 atom stereocenters. The van der Waals surface area contributed by atoms with Crippen LogP contribution >= 0.6 is 12.4 Å². The van der Waals surface area contributed by atoms with E-state index >= 15 is 0 Å². The van der Waals surface area contributed by atoms with Crippen molar-refractivity contribution in [1.82, 2.24) is 19.5 Å². The third-order valence-electron chi connectivity index (χ3n) is 6.30. The summed E-state index contributed by atoms with van der Waals surface area (Å²) in [6.45, 7) is 2.11. The largest absolute Gasteiger partial charge is 0.349 e. The number of fused-ring (bicyclic) bond motifs is 1. The van der Waals surface area contributed by atoms with Gasteiger partial charge in [-0.1, -0.05) is 36.4 Å². The Morgan fingerprint density at radius 1 is 0.974 bits per heavy atom. The van der Waals surface area contributed by atoms with Gasteiger partial charge in [0, 0.05) is 31.7 Å². The smallest absolute Gasteiger partial charge is 0.238 e. The van der Waals surface area contributed by atoms with Gasteiger partial charge in [0.05, 0.1) is 22.0 Å². The molecular formula is C27H29ClN8O2S. The van der Waals surface area contributed by atoms with E-state index in [2.05, 4.69) is 39.7 Å². The zero-order valence-electron chi connectivity index (χ0n) is 21.6. The summed E-state index contributed by atoms with van der Waals surface area (Å²) >= 11 is 0. The van der Waals surface area contributed by atoms with Gasteiger partial charge in [0.2, 0.25) is 21.9 Å². The molecule has 4 N–H and O–H groups in total. The van der Waals surface area contributed by atoms with Crippen molar-refractivity contribution in [3.63, 3.8) is 0 Å². The van der Waals surface area contributed by atoms with Crippen LogP contribution in [0, 0.1) is 0 Å². The van der Waals surface area contributed by atoms with Crippen LogP contribution in [0.3, 0.4) is 0 Å². The van der Waals surface area contributed by atoms with Crippen molar-refractivity contribution in [1.29, 1.82) is 0 Å². The third kappa shape index (κ3) is 6.11. The first-order valence-corrected chi connectivity index (χ1v) is 13.5. The monoisotopic (exact) mass is 564 g/mol.